The van der Waals surface area contributed by atoms with Gasteiger partial charge in [0.05, 0.1) is 0 Å². The van der Waals surface area contributed by atoms with Crippen LogP contribution in [0.4, 0.5) is 13.2 Å². The van der Waals surface area contributed by atoms with Crippen LogP contribution in [0.25, 0.3) is 0 Å². The summed E-state index contributed by atoms with van der Waals surface area (Å²) in [6.45, 7) is 5.01. The second-order valence-corrected chi connectivity index (χ2v) is 3.12. The van der Waals surface area contributed by atoms with E-state index >= 15 is 0 Å². The van der Waals surface area contributed by atoms with Crippen molar-refractivity contribution in [1.29, 1.82) is 0 Å². The van der Waals surface area contributed by atoms with Gasteiger partial charge in [-0.3, -0.25) is 0 Å². The van der Waals surface area contributed by atoms with Crippen LogP contribution in [0.2, 0.25) is 0 Å². The lowest BCUT2D eigenvalue weighted by atomic mass is 10.1. The van der Waals surface area contributed by atoms with Crippen molar-refractivity contribution in [2.75, 3.05) is 7.11 Å². The molecule has 0 unspecified atom stereocenters. The lowest BCUT2D eigenvalue weighted by molar-refractivity contribution is -0.255. The molecule has 0 saturated heterocycles. The molecule has 0 aromatic rings. The number of halogens is 3. The van der Waals surface area contributed by atoms with E-state index in [2.05, 4.69) is 4.74 Å². The van der Waals surface area contributed by atoms with Crippen molar-refractivity contribution in [3.05, 3.63) is 0 Å². The van der Waals surface area contributed by atoms with Gasteiger partial charge >= 0.3 is 6.18 Å². The van der Waals surface area contributed by atoms with Gasteiger partial charge in [0, 0.05) is 7.11 Å². The lowest BCUT2D eigenvalue weighted by Gasteiger charge is -2.25. The standard InChI is InChI=1S/C5H9F3O.C3H6O.CH4/c1-4(2,9-3)5(6,7)8;1-3(2)4;/h1-3H3;1-2H3;1H4. The molecule has 0 aromatic heterocycles. The number of carbonyl (C=O) groups is 1. The zero-order chi connectivity index (χ0) is 11.3. The van der Waals surface area contributed by atoms with Crippen LogP contribution >= 0.6 is 0 Å². The van der Waals surface area contributed by atoms with Crippen LogP contribution in [0.3, 0.4) is 0 Å². The van der Waals surface area contributed by atoms with Crippen molar-refractivity contribution in [2.24, 2.45) is 0 Å². The third-order valence-corrected chi connectivity index (χ3v) is 1.19. The molecule has 0 aliphatic carbocycles. The molecule has 0 N–H and O–H groups in total. The highest BCUT2D eigenvalue weighted by atomic mass is 19.4. The third kappa shape index (κ3) is 9.51. The monoisotopic (exact) mass is 216 g/mol. The van der Waals surface area contributed by atoms with Crippen LogP contribution in [0.15, 0.2) is 0 Å². The first-order valence-electron chi connectivity index (χ1n) is 3.63. The summed E-state index contributed by atoms with van der Waals surface area (Å²) in [6, 6.07) is 0. The smallest absolute Gasteiger partial charge is 0.369 e. The van der Waals surface area contributed by atoms with Crippen molar-refractivity contribution in [2.45, 2.75) is 46.9 Å². The summed E-state index contributed by atoms with van der Waals surface area (Å²) in [5.41, 5.74) is -2.02. The molecule has 5 heteroatoms. The van der Waals surface area contributed by atoms with Crippen LogP contribution in [0.1, 0.15) is 35.1 Å². The van der Waals surface area contributed by atoms with E-state index in [1.165, 1.54) is 13.8 Å². The van der Waals surface area contributed by atoms with Crippen molar-refractivity contribution in [3.8, 4) is 0 Å². The van der Waals surface area contributed by atoms with Crippen LogP contribution in [0, 0.1) is 0 Å². The Morgan fingerprint density at radius 2 is 1.36 bits per heavy atom. The minimum absolute atomic E-state index is 0. The largest absolute Gasteiger partial charge is 0.416 e. The Bertz CT molecular complexity index is 158. The van der Waals surface area contributed by atoms with Gasteiger partial charge in [0.2, 0.25) is 0 Å². The highest BCUT2D eigenvalue weighted by Gasteiger charge is 2.47. The third-order valence-electron chi connectivity index (χ3n) is 1.19. The molecule has 88 valence electrons. The molecule has 0 bridgehead atoms. The Labute approximate surface area is 83.4 Å². The Morgan fingerprint density at radius 1 is 1.14 bits per heavy atom. The molecule has 0 atom stereocenters. The summed E-state index contributed by atoms with van der Waals surface area (Å²) >= 11 is 0. The Morgan fingerprint density at radius 3 is 1.36 bits per heavy atom. The van der Waals surface area contributed by atoms with Crippen LogP contribution in [-0.2, 0) is 9.53 Å². The maximum atomic E-state index is 11.7. The maximum absolute atomic E-state index is 11.7. The molecule has 0 aliphatic heterocycles. The molecule has 0 aromatic carbocycles. The van der Waals surface area contributed by atoms with Crippen molar-refractivity contribution >= 4 is 5.78 Å². The molecular weight excluding hydrogens is 197 g/mol. The van der Waals surface area contributed by atoms with Crippen LogP contribution in [0.5, 0.6) is 0 Å². The van der Waals surface area contributed by atoms with E-state index in [1.807, 2.05) is 0 Å². The average Bonchev–Trinajstić information content (AvgIpc) is 1.84. The number of ketones is 1. The van der Waals surface area contributed by atoms with Crippen molar-refractivity contribution < 1.29 is 22.7 Å². The summed E-state index contributed by atoms with van der Waals surface area (Å²) in [7, 11) is 1.04. The Hall–Kier alpha value is -0.580. The molecule has 0 radical (unpaired) electrons. The zero-order valence-electron chi connectivity index (χ0n) is 8.45. The quantitative estimate of drug-likeness (QED) is 0.672. The van der Waals surface area contributed by atoms with Gasteiger partial charge in [0.1, 0.15) is 5.78 Å². The first kappa shape index (κ1) is 19.1. The van der Waals surface area contributed by atoms with Crippen molar-refractivity contribution in [3.63, 3.8) is 0 Å². The predicted octanol–water partition coefficient (Wildman–Crippen LogP) is 3.21. The molecule has 0 fully saturated rings. The molecule has 2 nitrogen and oxygen atoms in total. The number of hydrogen-bond donors (Lipinski definition) is 0. The van der Waals surface area contributed by atoms with E-state index in [4.69, 9.17) is 0 Å². The van der Waals surface area contributed by atoms with Gasteiger partial charge in [-0.05, 0) is 27.7 Å². The summed E-state index contributed by atoms with van der Waals surface area (Å²) in [4.78, 5) is 9.44. The van der Waals surface area contributed by atoms with Crippen LogP contribution in [-0.4, -0.2) is 24.7 Å². The molecule has 0 spiro atoms. The van der Waals surface area contributed by atoms with Crippen molar-refractivity contribution in [1.82, 2.24) is 0 Å². The van der Waals surface area contributed by atoms with Gasteiger partial charge in [0.15, 0.2) is 5.60 Å². The topological polar surface area (TPSA) is 26.3 Å². The highest BCUT2D eigenvalue weighted by molar-refractivity contribution is 5.72. The fraction of sp³-hybridized carbons (Fsp3) is 0.889. The number of hydrogen-bond acceptors (Lipinski definition) is 2. The summed E-state index contributed by atoms with van der Waals surface area (Å²) in [5, 5.41) is 0. The molecule has 0 amide bonds. The summed E-state index contributed by atoms with van der Waals surface area (Å²) in [5.74, 6) is 0.167. The van der Waals surface area contributed by atoms with E-state index in [-0.39, 0.29) is 13.2 Å². The van der Waals surface area contributed by atoms with Gasteiger partial charge in [-0.1, -0.05) is 7.43 Å². The van der Waals surface area contributed by atoms with E-state index < -0.39 is 11.8 Å². The minimum atomic E-state index is -4.28. The molecule has 14 heavy (non-hydrogen) atoms. The fourth-order valence-corrected chi connectivity index (χ4v) is 0.116. The van der Waals surface area contributed by atoms with Gasteiger partial charge in [-0.2, -0.15) is 13.2 Å². The zero-order valence-corrected chi connectivity index (χ0v) is 8.45. The van der Waals surface area contributed by atoms with E-state index in [9.17, 15) is 18.0 Å². The second kappa shape index (κ2) is 6.81. The minimum Gasteiger partial charge on any atom is -0.369 e. The van der Waals surface area contributed by atoms with Gasteiger partial charge in [-0.15, -0.1) is 0 Å². The molecular formula is C9H19F3O2. The first-order chi connectivity index (χ1) is 5.54. The van der Waals surface area contributed by atoms with Gasteiger partial charge in [0.25, 0.3) is 0 Å². The van der Waals surface area contributed by atoms with E-state index in [1.54, 1.807) is 0 Å². The average molecular weight is 216 g/mol. The molecule has 0 rings (SSSR count). The number of Topliss-reactive ketones (excluding diaryl/α,β-unsaturated/α-hetero) is 1. The number of methoxy groups -OCH3 is 1. The first-order valence-corrected chi connectivity index (χ1v) is 3.63. The molecule has 0 aliphatic rings. The molecule has 0 saturated carbocycles. The molecule has 0 heterocycles. The number of ether oxygens (including phenoxy) is 1. The SMILES string of the molecule is C.CC(C)=O.COC(C)(C)C(F)(F)F. The predicted molar refractivity (Wildman–Crippen MR) is 50.2 cm³/mol. The number of carbonyl (C=O) groups excluding carboxylic acids is 1. The van der Waals surface area contributed by atoms with E-state index in [0.717, 1.165) is 21.0 Å². The summed E-state index contributed by atoms with van der Waals surface area (Å²) < 4.78 is 39.3. The lowest BCUT2D eigenvalue weighted by Crippen LogP contribution is -2.40. The highest BCUT2D eigenvalue weighted by Crippen LogP contribution is 2.31. The fourth-order valence-electron chi connectivity index (χ4n) is 0.116. The van der Waals surface area contributed by atoms with Gasteiger partial charge in [-0.25, -0.2) is 0 Å². The van der Waals surface area contributed by atoms with Gasteiger partial charge < -0.3 is 9.53 Å². The Balaban J connectivity index is -0.000000209. The van der Waals surface area contributed by atoms with E-state index in [0.29, 0.717) is 0 Å². The normalized spacial score (nSPS) is 10.9. The Kier molecular flexibility index (Phi) is 9.28. The second-order valence-electron chi connectivity index (χ2n) is 3.12. The number of rotatable bonds is 1. The maximum Gasteiger partial charge on any atom is 0.416 e. The van der Waals surface area contributed by atoms with Crippen LogP contribution < -0.4 is 0 Å². The summed E-state index contributed by atoms with van der Waals surface area (Å²) in [6.07, 6.45) is -4.28. The number of alkyl halides is 3.